The summed E-state index contributed by atoms with van der Waals surface area (Å²) in [6.45, 7) is 1.86. The highest BCUT2D eigenvalue weighted by molar-refractivity contribution is 5.14. The first kappa shape index (κ1) is 18.6. The van der Waals surface area contributed by atoms with E-state index in [0.717, 1.165) is 25.7 Å². The van der Waals surface area contributed by atoms with Crippen molar-refractivity contribution < 1.29 is 9.84 Å². The second-order valence-electron chi connectivity index (χ2n) is 6.84. The van der Waals surface area contributed by atoms with Gasteiger partial charge in [-0.15, -0.1) is 0 Å². The topological polar surface area (TPSA) is 84.3 Å². The minimum Gasteiger partial charge on any atom is -0.390 e. The Morgan fingerprint density at radius 2 is 2.00 bits per heavy atom. The Balaban J connectivity index is 1.56. The number of aliphatic hydroxyl groups excluding tert-OH is 1. The lowest BCUT2D eigenvalue weighted by Gasteiger charge is -2.16. The molecule has 2 N–H and O–H groups in total. The molecule has 0 bridgehead atoms. The molecule has 0 saturated carbocycles. The Morgan fingerprint density at radius 3 is 2.73 bits per heavy atom. The fourth-order valence-electron chi connectivity index (χ4n) is 3.46. The van der Waals surface area contributed by atoms with Crippen molar-refractivity contribution in [3.63, 3.8) is 0 Å². The van der Waals surface area contributed by atoms with Crippen molar-refractivity contribution >= 4 is 0 Å². The van der Waals surface area contributed by atoms with Gasteiger partial charge in [-0.05, 0) is 31.2 Å². The Bertz CT molecular complexity index is 828. The van der Waals surface area contributed by atoms with Crippen LogP contribution in [0.4, 0.5) is 0 Å². The zero-order chi connectivity index (χ0) is 18.5. The fourth-order valence-corrected chi connectivity index (χ4v) is 3.46. The highest BCUT2D eigenvalue weighted by Gasteiger charge is 2.35. The van der Waals surface area contributed by atoms with Gasteiger partial charge in [0.15, 0.2) is 0 Å². The van der Waals surface area contributed by atoms with E-state index < -0.39 is 18.0 Å². The molecule has 0 aliphatic carbocycles. The smallest absolute Gasteiger partial charge is 0.330 e. The van der Waals surface area contributed by atoms with Gasteiger partial charge in [0.2, 0.25) is 0 Å². The molecule has 6 nitrogen and oxygen atoms in total. The Hall–Kier alpha value is -2.18. The van der Waals surface area contributed by atoms with Crippen LogP contribution in [-0.4, -0.2) is 26.9 Å². The van der Waals surface area contributed by atoms with Gasteiger partial charge in [-0.1, -0.05) is 43.7 Å². The van der Waals surface area contributed by atoms with Gasteiger partial charge in [0.25, 0.3) is 5.56 Å². The number of aromatic nitrogens is 2. The van der Waals surface area contributed by atoms with E-state index in [4.69, 9.17) is 4.74 Å². The monoisotopic (exact) mass is 358 g/mol. The summed E-state index contributed by atoms with van der Waals surface area (Å²) in [6.07, 6.45) is 4.78. The largest absolute Gasteiger partial charge is 0.390 e. The number of aromatic amines is 1. The van der Waals surface area contributed by atoms with Crippen molar-refractivity contribution in [3.05, 3.63) is 68.5 Å². The predicted octanol–water partition coefficient (Wildman–Crippen LogP) is 2.16. The quantitative estimate of drug-likeness (QED) is 0.743. The lowest BCUT2D eigenvalue weighted by Crippen LogP contribution is -2.34. The van der Waals surface area contributed by atoms with Crippen molar-refractivity contribution in [2.75, 3.05) is 0 Å². The number of nitrogens with zero attached hydrogens (tertiary/aromatic N) is 1. The Morgan fingerprint density at radius 1 is 1.23 bits per heavy atom. The first-order valence-corrected chi connectivity index (χ1v) is 9.30. The summed E-state index contributed by atoms with van der Waals surface area (Å²) in [7, 11) is 0. The number of benzene rings is 1. The molecule has 3 atom stereocenters. The van der Waals surface area contributed by atoms with Gasteiger partial charge in [-0.2, -0.15) is 0 Å². The third kappa shape index (κ3) is 4.31. The van der Waals surface area contributed by atoms with E-state index in [9.17, 15) is 14.7 Å². The minimum absolute atomic E-state index is 0.278. The van der Waals surface area contributed by atoms with Crippen LogP contribution in [0.25, 0.3) is 0 Å². The van der Waals surface area contributed by atoms with Crippen LogP contribution < -0.4 is 11.2 Å². The van der Waals surface area contributed by atoms with Crippen molar-refractivity contribution in [1.82, 2.24) is 9.55 Å². The second-order valence-corrected chi connectivity index (χ2v) is 6.84. The summed E-state index contributed by atoms with van der Waals surface area (Å²) in [4.78, 5) is 26.1. The lowest BCUT2D eigenvalue weighted by molar-refractivity contribution is -0.0253. The number of ether oxygens (including phenoxy) is 1. The van der Waals surface area contributed by atoms with E-state index in [0.29, 0.717) is 18.4 Å². The molecule has 3 rings (SSSR count). The maximum Gasteiger partial charge on any atom is 0.330 e. The lowest BCUT2D eigenvalue weighted by atomic mass is 10.0. The van der Waals surface area contributed by atoms with Crippen LogP contribution in [0.2, 0.25) is 0 Å². The van der Waals surface area contributed by atoms with Gasteiger partial charge in [-0.25, -0.2) is 4.79 Å². The number of aliphatic hydroxyl groups is 1. The van der Waals surface area contributed by atoms with E-state index in [1.807, 2.05) is 25.1 Å². The molecule has 2 heterocycles. The van der Waals surface area contributed by atoms with Gasteiger partial charge >= 0.3 is 5.69 Å². The van der Waals surface area contributed by atoms with Gasteiger partial charge < -0.3 is 9.84 Å². The zero-order valence-electron chi connectivity index (χ0n) is 15.1. The Kier molecular flexibility index (Phi) is 6.06. The van der Waals surface area contributed by atoms with Crippen LogP contribution in [0.3, 0.4) is 0 Å². The van der Waals surface area contributed by atoms with Gasteiger partial charge in [0, 0.05) is 18.2 Å². The highest BCUT2D eigenvalue weighted by Crippen LogP contribution is 2.30. The number of unbranched alkanes of at least 4 members (excludes halogenated alkanes) is 1. The van der Waals surface area contributed by atoms with E-state index in [-0.39, 0.29) is 11.7 Å². The molecular formula is C20H26N2O4. The van der Waals surface area contributed by atoms with Crippen LogP contribution in [0.15, 0.2) is 46.1 Å². The highest BCUT2D eigenvalue weighted by atomic mass is 16.5. The molecule has 6 heteroatoms. The molecule has 1 fully saturated rings. The SMILES string of the molecule is CCc1cn([C@@H]2CC(O)[C@H](CCCCc3ccccc3)O2)c(=O)[nH]c1=O. The number of aryl methyl sites for hydroxylation is 2. The summed E-state index contributed by atoms with van der Waals surface area (Å²) in [5.41, 5.74) is 0.998. The summed E-state index contributed by atoms with van der Waals surface area (Å²) >= 11 is 0. The third-order valence-electron chi connectivity index (χ3n) is 4.98. The van der Waals surface area contributed by atoms with Gasteiger partial charge in [0.1, 0.15) is 6.23 Å². The first-order valence-electron chi connectivity index (χ1n) is 9.30. The van der Waals surface area contributed by atoms with Crippen molar-refractivity contribution in [3.8, 4) is 0 Å². The molecule has 1 aliphatic rings. The molecule has 26 heavy (non-hydrogen) atoms. The summed E-state index contributed by atoms with van der Waals surface area (Å²) < 4.78 is 7.32. The van der Waals surface area contributed by atoms with Crippen LogP contribution in [0.1, 0.15) is 50.0 Å². The molecule has 0 spiro atoms. The molecule has 1 saturated heterocycles. The number of nitrogens with one attached hydrogen (secondary N) is 1. The molecule has 1 aliphatic heterocycles. The average Bonchev–Trinajstić information content (AvgIpc) is 3.00. The average molecular weight is 358 g/mol. The zero-order valence-corrected chi connectivity index (χ0v) is 15.1. The van der Waals surface area contributed by atoms with E-state index in [1.54, 1.807) is 6.20 Å². The number of H-pyrrole nitrogens is 1. The first-order chi connectivity index (χ1) is 12.6. The van der Waals surface area contributed by atoms with E-state index in [2.05, 4.69) is 17.1 Å². The Labute approximate surface area is 152 Å². The normalized spacial score (nSPS) is 22.6. The summed E-state index contributed by atoms with van der Waals surface area (Å²) in [5, 5.41) is 10.3. The molecule has 2 aromatic rings. The van der Waals surface area contributed by atoms with Crippen molar-refractivity contribution in [1.29, 1.82) is 0 Å². The standard InChI is InChI=1S/C20H26N2O4/c1-2-15-13-22(20(25)21-19(15)24)18-12-16(23)17(26-18)11-7-6-10-14-8-4-3-5-9-14/h3-5,8-9,13,16-18,23H,2,6-7,10-12H2,1H3,(H,21,24,25)/t16?,17-,18-/m0/s1. The number of rotatable bonds is 7. The molecule has 1 aromatic heterocycles. The van der Waals surface area contributed by atoms with Gasteiger partial charge in [0.05, 0.1) is 12.2 Å². The van der Waals surface area contributed by atoms with E-state index >= 15 is 0 Å². The minimum atomic E-state index is -0.597. The van der Waals surface area contributed by atoms with Crippen molar-refractivity contribution in [2.24, 2.45) is 0 Å². The van der Waals surface area contributed by atoms with Crippen LogP contribution >= 0.6 is 0 Å². The maximum atomic E-state index is 12.1. The second kappa shape index (κ2) is 8.47. The van der Waals surface area contributed by atoms with Crippen LogP contribution in [0, 0.1) is 0 Å². The number of hydrogen-bond donors (Lipinski definition) is 2. The summed E-state index contributed by atoms with van der Waals surface area (Å²) in [5.74, 6) is 0. The predicted molar refractivity (Wildman–Crippen MR) is 99.2 cm³/mol. The van der Waals surface area contributed by atoms with Crippen LogP contribution in [0.5, 0.6) is 0 Å². The number of hydrogen-bond acceptors (Lipinski definition) is 4. The van der Waals surface area contributed by atoms with E-state index in [1.165, 1.54) is 10.1 Å². The van der Waals surface area contributed by atoms with Gasteiger partial charge in [-0.3, -0.25) is 14.3 Å². The molecular weight excluding hydrogens is 332 g/mol. The van der Waals surface area contributed by atoms with Crippen molar-refractivity contribution in [2.45, 2.75) is 63.9 Å². The maximum absolute atomic E-state index is 12.1. The van der Waals surface area contributed by atoms with Crippen LogP contribution in [-0.2, 0) is 17.6 Å². The molecule has 1 aromatic carbocycles. The third-order valence-corrected chi connectivity index (χ3v) is 4.98. The molecule has 140 valence electrons. The summed E-state index contributed by atoms with van der Waals surface area (Å²) in [6, 6.07) is 10.3. The molecule has 0 radical (unpaired) electrons. The molecule has 0 amide bonds. The molecule has 1 unspecified atom stereocenters. The fraction of sp³-hybridized carbons (Fsp3) is 0.500.